The molecule has 5 nitrogen and oxygen atoms in total. The summed E-state index contributed by atoms with van der Waals surface area (Å²) in [5.41, 5.74) is 0. The lowest BCUT2D eigenvalue weighted by Crippen LogP contribution is -2.34. The van der Waals surface area contributed by atoms with Gasteiger partial charge in [-0.1, -0.05) is 6.92 Å². The first-order valence-corrected chi connectivity index (χ1v) is 3.71. The van der Waals surface area contributed by atoms with E-state index in [1.54, 1.807) is 6.92 Å². The molecule has 0 aromatic rings. The van der Waals surface area contributed by atoms with Gasteiger partial charge in [-0.25, -0.2) is 9.68 Å². The summed E-state index contributed by atoms with van der Waals surface area (Å²) in [6, 6.07) is 0. The molecule has 1 heterocycles. The van der Waals surface area contributed by atoms with E-state index in [1.165, 1.54) is 6.92 Å². The second kappa shape index (κ2) is 3.38. The van der Waals surface area contributed by atoms with E-state index in [1.807, 2.05) is 6.92 Å². The van der Waals surface area contributed by atoms with Crippen LogP contribution < -0.4 is 0 Å². The van der Waals surface area contributed by atoms with E-state index >= 15 is 0 Å². The number of hydrogen-bond donors (Lipinski definition) is 0. The highest BCUT2D eigenvalue weighted by atomic mass is 17.3. The largest absolute Gasteiger partial charge is 0.339 e. The zero-order valence-corrected chi connectivity index (χ0v) is 7.33. The van der Waals surface area contributed by atoms with Gasteiger partial charge >= 0.3 is 5.97 Å². The molecule has 0 radical (unpaired) electrons. The molecule has 12 heavy (non-hydrogen) atoms. The van der Waals surface area contributed by atoms with Crippen molar-refractivity contribution in [1.29, 1.82) is 0 Å². The first kappa shape index (κ1) is 9.44. The Morgan fingerprint density at radius 3 is 2.75 bits per heavy atom. The van der Waals surface area contributed by atoms with Crippen molar-refractivity contribution in [2.75, 3.05) is 6.61 Å². The molecule has 0 aliphatic carbocycles. The number of rotatable bonds is 2. The molecule has 70 valence electrons. The molecule has 1 saturated heterocycles. The Balaban J connectivity index is 2.42. The van der Waals surface area contributed by atoms with Crippen molar-refractivity contribution < 1.29 is 24.3 Å². The number of carbonyl (C=O) groups is 1. The van der Waals surface area contributed by atoms with Gasteiger partial charge < -0.3 is 0 Å². The van der Waals surface area contributed by atoms with Gasteiger partial charge in [0.15, 0.2) is 0 Å². The zero-order chi connectivity index (χ0) is 9.19. The van der Waals surface area contributed by atoms with Crippen molar-refractivity contribution in [3.63, 3.8) is 0 Å². The van der Waals surface area contributed by atoms with Crippen LogP contribution in [0.1, 0.15) is 20.8 Å². The van der Waals surface area contributed by atoms with Crippen LogP contribution in [-0.4, -0.2) is 18.4 Å². The molecule has 5 heteroatoms. The summed E-state index contributed by atoms with van der Waals surface area (Å²) in [5, 5.41) is 0. The van der Waals surface area contributed by atoms with Crippen LogP contribution in [-0.2, 0) is 24.3 Å². The second-order valence-electron chi connectivity index (χ2n) is 2.94. The Kier molecular flexibility index (Phi) is 2.66. The maximum atomic E-state index is 10.4. The van der Waals surface area contributed by atoms with Crippen LogP contribution in [0.15, 0.2) is 0 Å². The van der Waals surface area contributed by atoms with Gasteiger partial charge in [-0.3, -0.25) is 4.89 Å². The Morgan fingerprint density at radius 2 is 2.33 bits per heavy atom. The highest BCUT2D eigenvalue weighted by Gasteiger charge is 2.43. The van der Waals surface area contributed by atoms with E-state index in [2.05, 4.69) is 9.78 Å². The lowest BCUT2D eigenvalue weighted by Gasteiger charge is -2.21. The van der Waals surface area contributed by atoms with Crippen molar-refractivity contribution in [3.8, 4) is 0 Å². The van der Waals surface area contributed by atoms with E-state index < -0.39 is 11.8 Å². The normalized spacial score (nSPS) is 35.1. The van der Waals surface area contributed by atoms with Crippen molar-refractivity contribution in [3.05, 3.63) is 0 Å². The molecule has 1 aliphatic rings. The first-order valence-electron chi connectivity index (χ1n) is 3.71. The average molecular weight is 176 g/mol. The van der Waals surface area contributed by atoms with Gasteiger partial charge in [-0.15, -0.1) is 4.89 Å². The van der Waals surface area contributed by atoms with Gasteiger partial charge in [0.25, 0.3) is 0 Å². The number of hydrogen-bond acceptors (Lipinski definition) is 5. The third-order valence-electron chi connectivity index (χ3n) is 1.76. The summed E-state index contributed by atoms with van der Waals surface area (Å²) in [6.07, 6.45) is 0. The predicted octanol–water partition coefficient (Wildman–Crippen LogP) is 0.795. The predicted molar refractivity (Wildman–Crippen MR) is 37.5 cm³/mol. The van der Waals surface area contributed by atoms with Crippen LogP contribution in [0.5, 0.6) is 0 Å². The van der Waals surface area contributed by atoms with E-state index in [9.17, 15) is 4.79 Å². The molecule has 0 amide bonds. The lowest BCUT2D eigenvalue weighted by atomic mass is 10.1. The monoisotopic (exact) mass is 176 g/mol. The van der Waals surface area contributed by atoms with E-state index in [-0.39, 0.29) is 5.92 Å². The van der Waals surface area contributed by atoms with Crippen LogP contribution in [0.3, 0.4) is 0 Å². The molecule has 1 fully saturated rings. The molecule has 0 aromatic heterocycles. The van der Waals surface area contributed by atoms with Gasteiger partial charge in [0.1, 0.15) is 0 Å². The summed E-state index contributed by atoms with van der Waals surface area (Å²) in [6.45, 7) is 5.20. The van der Waals surface area contributed by atoms with E-state index in [0.29, 0.717) is 6.61 Å². The molecular weight excluding hydrogens is 164 g/mol. The Labute approximate surface area is 70.4 Å². The van der Waals surface area contributed by atoms with Crippen LogP contribution in [0.2, 0.25) is 0 Å². The molecular formula is C7H12O5. The van der Waals surface area contributed by atoms with Crippen LogP contribution >= 0.6 is 0 Å². The molecule has 0 saturated carbocycles. The fourth-order valence-corrected chi connectivity index (χ4v) is 0.724. The SMILES string of the molecule is CC(=O)OOC1(C)OOCC1C. The van der Waals surface area contributed by atoms with Gasteiger partial charge in [-0.05, 0) is 6.92 Å². The highest BCUT2D eigenvalue weighted by Crippen LogP contribution is 2.30. The summed E-state index contributed by atoms with van der Waals surface area (Å²) < 4.78 is 0. The molecule has 1 rings (SSSR count). The van der Waals surface area contributed by atoms with Gasteiger partial charge in [0, 0.05) is 12.8 Å². The molecule has 0 bridgehead atoms. The van der Waals surface area contributed by atoms with Crippen LogP contribution in [0, 0.1) is 5.92 Å². The van der Waals surface area contributed by atoms with Crippen molar-refractivity contribution in [2.24, 2.45) is 5.92 Å². The molecule has 0 spiro atoms. The summed E-state index contributed by atoms with van der Waals surface area (Å²) >= 11 is 0. The molecule has 2 unspecified atom stereocenters. The minimum absolute atomic E-state index is 0.0249. The van der Waals surface area contributed by atoms with Crippen LogP contribution in [0.4, 0.5) is 0 Å². The van der Waals surface area contributed by atoms with E-state index in [0.717, 1.165) is 0 Å². The summed E-state index contributed by atoms with van der Waals surface area (Å²) in [7, 11) is 0. The Bertz CT molecular complexity index is 181. The fourth-order valence-electron chi connectivity index (χ4n) is 0.724. The second-order valence-corrected chi connectivity index (χ2v) is 2.94. The molecule has 2 atom stereocenters. The lowest BCUT2D eigenvalue weighted by molar-refractivity contribution is -0.460. The molecule has 1 aliphatic heterocycles. The van der Waals surface area contributed by atoms with E-state index in [4.69, 9.17) is 9.78 Å². The Morgan fingerprint density at radius 1 is 1.67 bits per heavy atom. The number of carbonyl (C=O) groups excluding carboxylic acids is 1. The first-order chi connectivity index (χ1) is 5.54. The molecule has 0 aromatic carbocycles. The Hall–Kier alpha value is -0.650. The average Bonchev–Trinajstić information content (AvgIpc) is 2.30. The zero-order valence-electron chi connectivity index (χ0n) is 7.33. The van der Waals surface area contributed by atoms with Crippen molar-refractivity contribution >= 4 is 5.97 Å². The highest BCUT2D eigenvalue weighted by molar-refractivity contribution is 5.65. The van der Waals surface area contributed by atoms with Crippen LogP contribution in [0.25, 0.3) is 0 Å². The molecule has 0 N–H and O–H groups in total. The van der Waals surface area contributed by atoms with Gasteiger partial charge in [-0.2, -0.15) is 4.89 Å². The van der Waals surface area contributed by atoms with Crippen molar-refractivity contribution in [2.45, 2.75) is 26.6 Å². The third-order valence-corrected chi connectivity index (χ3v) is 1.76. The fraction of sp³-hybridized carbons (Fsp3) is 0.857. The third kappa shape index (κ3) is 1.94. The smallest absolute Gasteiger partial charge is 0.296 e. The summed E-state index contributed by atoms with van der Waals surface area (Å²) in [5.74, 6) is -1.47. The standard InChI is InChI=1S/C7H12O5/c1-5-4-9-11-7(5,3)12-10-6(2)8/h5H,4H2,1-3H3. The van der Waals surface area contributed by atoms with Crippen molar-refractivity contribution in [1.82, 2.24) is 0 Å². The summed E-state index contributed by atoms with van der Waals surface area (Å²) in [4.78, 5) is 29.0. The topological polar surface area (TPSA) is 54.0 Å². The quantitative estimate of drug-likeness (QED) is 0.460. The van der Waals surface area contributed by atoms with Gasteiger partial charge in [0.2, 0.25) is 5.79 Å². The van der Waals surface area contributed by atoms with Gasteiger partial charge in [0.05, 0.1) is 6.61 Å². The minimum Gasteiger partial charge on any atom is -0.296 e. The maximum absolute atomic E-state index is 10.4. The minimum atomic E-state index is -0.980. The maximum Gasteiger partial charge on any atom is 0.339 e.